The molecule has 0 saturated heterocycles. The van der Waals surface area contributed by atoms with Crippen molar-refractivity contribution in [2.24, 2.45) is 10.9 Å². The van der Waals surface area contributed by atoms with Gasteiger partial charge in [-0.2, -0.15) is 0 Å². The van der Waals surface area contributed by atoms with Crippen molar-refractivity contribution in [3.05, 3.63) is 90.0 Å². The monoisotopic (exact) mass is 508 g/mol. The first-order valence-electron chi connectivity index (χ1n) is 13.1. The van der Waals surface area contributed by atoms with Crippen molar-refractivity contribution in [2.45, 2.75) is 46.7 Å². The molecule has 0 fully saturated rings. The van der Waals surface area contributed by atoms with Gasteiger partial charge in [0.1, 0.15) is 5.82 Å². The van der Waals surface area contributed by atoms with E-state index in [0.29, 0.717) is 44.2 Å². The summed E-state index contributed by atoms with van der Waals surface area (Å²) >= 11 is 0. The van der Waals surface area contributed by atoms with Crippen LogP contribution in [-0.4, -0.2) is 45.6 Å². The first-order chi connectivity index (χ1) is 18.4. The zero-order chi connectivity index (χ0) is 27.1. The maximum atomic E-state index is 12.9. The minimum Gasteiger partial charge on any atom is -0.355 e. The summed E-state index contributed by atoms with van der Waals surface area (Å²) in [7, 11) is 2.05. The molecule has 7 nitrogen and oxygen atoms in total. The lowest BCUT2D eigenvalue weighted by atomic mass is 10.0. The maximum Gasteiger partial charge on any atom is 0.223 e. The van der Waals surface area contributed by atoms with Crippen molar-refractivity contribution in [1.29, 1.82) is 0 Å². The molecule has 3 heterocycles. The Labute approximate surface area is 225 Å². The minimum absolute atomic E-state index is 0.184. The molecular formula is C31H36N6O. The van der Waals surface area contributed by atoms with Crippen LogP contribution >= 0.6 is 0 Å². The summed E-state index contributed by atoms with van der Waals surface area (Å²) in [6, 6.07) is 12.4. The highest BCUT2D eigenvalue weighted by Crippen LogP contribution is 2.31. The number of nitrogens with zero attached hydrogens (tertiary/aromatic N) is 6. The van der Waals surface area contributed by atoms with Crippen molar-refractivity contribution in [3.63, 3.8) is 0 Å². The Morgan fingerprint density at radius 2 is 2.00 bits per heavy atom. The van der Waals surface area contributed by atoms with E-state index in [1.807, 2.05) is 55.4 Å². The number of aromatic nitrogens is 3. The van der Waals surface area contributed by atoms with Crippen molar-refractivity contribution in [3.8, 4) is 11.4 Å². The van der Waals surface area contributed by atoms with Crippen molar-refractivity contribution in [2.75, 3.05) is 18.5 Å². The number of allylic oxidation sites excluding steroid dienone is 2. The molecule has 1 aliphatic rings. The summed E-state index contributed by atoms with van der Waals surface area (Å²) in [5.41, 5.74) is 5.91. The van der Waals surface area contributed by atoms with E-state index in [9.17, 15) is 4.79 Å². The van der Waals surface area contributed by atoms with E-state index in [-0.39, 0.29) is 5.91 Å². The first kappa shape index (κ1) is 26.9. The van der Waals surface area contributed by atoms with Crippen LogP contribution in [0, 0.1) is 5.92 Å². The summed E-state index contributed by atoms with van der Waals surface area (Å²) in [6.07, 6.45) is 10.1. The SMILES string of the molecule is C=CN=C/C(=C\C)c1cncc(-c2nc3c(c(N(C)Cc4ccccc4)n2)CN(C(=O)CC(C)C)CC3)c1. The molecule has 0 N–H and O–H groups in total. The molecule has 0 bridgehead atoms. The Hall–Kier alpha value is -4.13. The van der Waals surface area contributed by atoms with Crippen LogP contribution in [0.1, 0.15) is 49.6 Å². The average Bonchev–Trinajstić information content (AvgIpc) is 2.93. The van der Waals surface area contributed by atoms with Gasteiger partial charge in [-0.25, -0.2) is 9.97 Å². The number of amides is 1. The maximum absolute atomic E-state index is 12.9. The van der Waals surface area contributed by atoms with E-state index in [0.717, 1.165) is 33.8 Å². The van der Waals surface area contributed by atoms with E-state index in [2.05, 4.69) is 47.4 Å². The molecule has 1 amide bonds. The smallest absolute Gasteiger partial charge is 0.223 e. The zero-order valence-corrected chi connectivity index (χ0v) is 22.8. The third-order valence-electron chi connectivity index (χ3n) is 6.56. The second-order valence-corrected chi connectivity index (χ2v) is 9.97. The molecule has 0 aliphatic carbocycles. The Morgan fingerprint density at radius 1 is 1.21 bits per heavy atom. The Balaban J connectivity index is 1.75. The predicted octanol–water partition coefficient (Wildman–Crippen LogP) is 5.72. The summed E-state index contributed by atoms with van der Waals surface area (Å²) in [5.74, 6) is 1.98. The number of fused-ring (bicyclic) bond motifs is 1. The van der Waals surface area contributed by atoms with E-state index < -0.39 is 0 Å². The van der Waals surface area contributed by atoms with Gasteiger partial charge in [0, 0.05) is 74.5 Å². The number of pyridine rings is 1. The van der Waals surface area contributed by atoms with Gasteiger partial charge < -0.3 is 9.80 Å². The summed E-state index contributed by atoms with van der Waals surface area (Å²) in [4.78, 5) is 35.7. The van der Waals surface area contributed by atoms with Gasteiger partial charge in [-0.1, -0.05) is 56.8 Å². The van der Waals surface area contributed by atoms with Crippen LogP contribution < -0.4 is 4.90 Å². The van der Waals surface area contributed by atoms with E-state index in [1.54, 1.807) is 12.4 Å². The molecule has 1 aromatic carbocycles. The molecule has 0 spiro atoms. The van der Waals surface area contributed by atoms with Gasteiger partial charge in [0.05, 0.1) is 12.2 Å². The van der Waals surface area contributed by atoms with Gasteiger partial charge in [-0.05, 0) is 30.0 Å². The highest BCUT2D eigenvalue weighted by atomic mass is 16.2. The fourth-order valence-corrected chi connectivity index (χ4v) is 4.63. The molecule has 196 valence electrons. The van der Waals surface area contributed by atoms with Crippen molar-refractivity contribution >= 4 is 23.5 Å². The van der Waals surface area contributed by atoms with Crippen LogP contribution in [0.25, 0.3) is 17.0 Å². The average molecular weight is 509 g/mol. The summed E-state index contributed by atoms with van der Waals surface area (Å²) in [6.45, 7) is 11.7. The minimum atomic E-state index is 0.184. The first-order valence-corrected chi connectivity index (χ1v) is 13.1. The van der Waals surface area contributed by atoms with Crippen LogP contribution in [0.5, 0.6) is 0 Å². The normalized spacial score (nSPS) is 13.6. The van der Waals surface area contributed by atoms with Crippen LogP contribution in [-0.2, 0) is 24.3 Å². The molecule has 3 aromatic rings. The van der Waals surface area contributed by atoms with Gasteiger partial charge in [-0.15, -0.1) is 0 Å². The van der Waals surface area contributed by atoms with Crippen LogP contribution in [0.15, 0.2) is 72.6 Å². The predicted molar refractivity (Wildman–Crippen MR) is 155 cm³/mol. The number of hydrogen-bond acceptors (Lipinski definition) is 6. The molecule has 4 rings (SSSR count). The standard InChI is InChI=1S/C31H36N6O/c1-6-24(17-32-7-2)25-16-26(19-33-18-25)30-34-28-13-14-37(29(38)15-22(3)4)21-27(28)31(35-30)36(5)20-23-11-9-8-10-12-23/h6-12,16-19,22H,2,13-15,20-21H2,1,3-5H3/b24-6+,32-17?. The Morgan fingerprint density at radius 3 is 2.71 bits per heavy atom. The second kappa shape index (κ2) is 12.4. The molecule has 0 unspecified atom stereocenters. The van der Waals surface area contributed by atoms with Gasteiger partial charge in [0.2, 0.25) is 5.91 Å². The topological polar surface area (TPSA) is 74.6 Å². The number of rotatable bonds is 9. The molecule has 0 saturated carbocycles. The number of benzene rings is 1. The van der Waals surface area contributed by atoms with Crippen LogP contribution in [0.4, 0.5) is 5.82 Å². The van der Waals surface area contributed by atoms with E-state index in [1.165, 1.54) is 11.8 Å². The van der Waals surface area contributed by atoms with Crippen molar-refractivity contribution in [1.82, 2.24) is 19.9 Å². The Bertz CT molecular complexity index is 1350. The lowest BCUT2D eigenvalue weighted by Crippen LogP contribution is -2.38. The fourth-order valence-electron chi connectivity index (χ4n) is 4.63. The quantitative estimate of drug-likeness (QED) is 0.346. The van der Waals surface area contributed by atoms with Crippen molar-refractivity contribution < 1.29 is 4.79 Å². The highest BCUT2D eigenvalue weighted by Gasteiger charge is 2.27. The third-order valence-corrected chi connectivity index (χ3v) is 6.56. The van der Waals surface area contributed by atoms with Gasteiger partial charge in [0.25, 0.3) is 0 Å². The fraction of sp³-hybridized carbons (Fsp3) is 0.323. The molecule has 0 atom stereocenters. The van der Waals surface area contributed by atoms with E-state index >= 15 is 0 Å². The van der Waals surface area contributed by atoms with Crippen LogP contribution in [0.2, 0.25) is 0 Å². The second-order valence-electron chi connectivity index (χ2n) is 9.97. The summed E-state index contributed by atoms with van der Waals surface area (Å²) in [5, 5.41) is 0. The Kier molecular flexibility index (Phi) is 8.79. The zero-order valence-electron chi connectivity index (χ0n) is 22.8. The number of carbonyl (C=O) groups excluding carboxylic acids is 1. The number of aliphatic imine (C=N–C) groups is 1. The molecular weight excluding hydrogens is 472 g/mol. The molecule has 1 aliphatic heterocycles. The van der Waals surface area contributed by atoms with Crippen LogP contribution in [0.3, 0.4) is 0 Å². The molecule has 7 heteroatoms. The van der Waals surface area contributed by atoms with E-state index in [4.69, 9.17) is 9.97 Å². The molecule has 0 radical (unpaired) electrons. The highest BCUT2D eigenvalue weighted by molar-refractivity contribution is 6.10. The number of hydrogen-bond donors (Lipinski definition) is 0. The number of anilines is 1. The number of carbonyl (C=O) groups is 1. The molecule has 2 aromatic heterocycles. The van der Waals surface area contributed by atoms with Gasteiger partial charge in [0.15, 0.2) is 5.82 Å². The third kappa shape index (κ3) is 6.40. The summed E-state index contributed by atoms with van der Waals surface area (Å²) < 4.78 is 0. The largest absolute Gasteiger partial charge is 0.355 e. The lowest BCUT2D eigenvalue weighted by Gasteiger charge is -2.32. The molecule has 38 heavy (non-hydrogen) atoms. The van der Waals surface area contributed by atoms with Gasteiger partial charge >= 0.3 is 0 Å². The lowest BCUT2D eigenvalue weighted by molar-refractivity contribution is -0.132. The van der Waals surface area contributed by atoms with Gasteiger partial charge in [-0.3, -0.25) is 14.8 Å².